The molecule has 1 rings (SSSR count). The molecule has 0 fully saturated rings. The van der Waals surface area contributed by atoms with Gasteiger partial charge in [0.2, 0.25) is 0 Å². The number of Topliss-reactive ketones (excluding diaryl/α,β-unsaturated/α-hetero) is 1. The molecule has 82 valence electrons. The van der Waals surface area contributed by atoms with E-state index in [0.717, 1.165) is 6.42 Å². The van der Waals surface area contributed by atoms with Crippen LogP contribution in [0.25, 0.3) is 0 Å². The molecule has 1 aromatic rings. The fourth-order valence-corrected chi connectivity index (χ4v) is 1.65. The molecular weight excluding hydrogens is 254 g/mol. The molecule has 1 unspecified atom stereocenters. The quantitative estimate of drug-likeness (QED) is 0.784. The maximum atomic E-state index is 11.1. The first kappa shape index (κ1) is 12.2. The molecule has 0 aromatic heterocycles. The van der Waals surface area contributed by atoms with E-state index in [9.17, 15) is 4.79 Å². The fraction of sp³-hybridized carbons (Fsp3) is 0.417. The first-order valence-corrected chi connectivity index (χ1v) is 5.83. The van der Waals surface area contributed by atoms with Crippen LogP contribution in [-0.2, 0) is 11.2 Å². The molecule has 0 amide bonds. The Labute approximate surface area is 99.4 Å². The lowest BCUT2D eigenvalue weighted by atomic mass is 10.1. The van der Waals surface area contributed by atoms with Gasteiger partial charge in [0.15, 0.2) is 0 Å². The maximum Gasteiger partial charge on any atom is 0.143 e. The summed E-state index contributed by atoms with van der Waals surface area (Å²) in [7, 11) is 4.02. The fourth-order valence-electron chi connectivity index (χ4n) is 1.28. The zero-order valence-electron chi connectivity index (χ0n) is 9.33. The summed E-state index contributed by atoms with van der Waals surface area (Å²) in [5.41, 5.74) is 2.35. The minimum Gasteiger partial charge on any atom is -0.378 e. The maximum absolute atomic E-state index is 11.1. The molecule has 0 aliphatic rings. The number of carbonyl (C=O) groups excluding carboxylic acids is 1. The Bertz CT molecular complexity index is 332. The van der Waals surface area contributed by atoms with E-state index in [1.54, 1.807) is 6.92 Å². The van der Waals surface area contributed by atoms with Gasteiger partial charge in [0.05, 0.1) is 4.83 Å². The predicted molar refractivity (Wildman–Crippen MR) is 67.9 cm³/mol. The summed E-state index contributed by atoms with van der Waals surface area (Å²) in [6.07, 6.45) is 0.753. The van der Waals surface area contributed by atoms with Crippen LogP contribution in [0.1, 0.15) is 12.5 Å². The van der Waals surface area contributed by atoms with Gasteiger partial charge in [-0.15, -0.1) is 0 Å². The first-order chi connectivity index (χ1) is 7.00. The molecule has 0 bridgehead atoms. The Hall–Kier alpha value is -0.830. The molecule has 15 heavy (non-hydrogen) atoms. The summed E-state index contributed by atoms with van der Waals surface area (Å²) < 4.78 is 0. The van der Waals surface area contributed by atoms with Crippen molar-refractivity contribution in [3.05, 3.63) is 29.8 Å². The van der Waals surface area contributed by atoms with Crippen molar-refractivity contribution in [2.24, 2.45) is 0 Å². The predicted octanol–water partition coefficient (Wildman–Crippen LogP) is 2.65. The summed E-state index contributed by atoms with van der Waals surface area (Å²) in [6, 6.07) is 8.25. The van der Waals surface area contributed by atoms with Crippen molar-refractivity contribution >= 4 is 27.4 Å². The zero-order chi connectivity index (χ0) is 11.4. The van der Waals surface area contributed by atoms with E-state index in [1.165, 1.54) is 11.3 Å². The normalized spacial score (nSPS) is 12.3. The summed E-state index contributed by atoms with van der Waals surface area (Å²) in [5.74, 6) is 0.173. The Balaban J connectivity index is 2.68. The van der Waals surface area contributed by atoms with E-state index >= 15 is 0 Å². The summed E-state index contributed by atoms with van der Waals surface area (Å²) in [6.45, 7) is 1.60. The molecular formula is C12H16BrNO. The van der Waals surface area contributed by atoms with E-state index < -0.39 is 0 Å². The van der Waals surface area contributed by atoms with Gasteiger partial charge in [0.25, 0.3) is 0 Å². The highest BCUT2D eigenvalue weighted by atomic mass is 79.9. The average Bonchev–Trinajstić information content (AvgIpc) is 2.18. The lowest BCUT2D eigenvalue weighted by molar-refractivity contribution is -0.116. The molecule has 0 heterocycles. The number of carbonyl (C=O) groups is 1. The highest BCUT2D eigenvalue weighted by molar-refractivity contribution is 9.10. The van der Waals surface area contributed by atoms with Crippen molar-refractivity contribution in [2.75, 3.05) is 19.0 Å². The number of rotatable bonds is 4. The molecule has 0 saturated heterocycles. The molecule has 0 aliphatic heterocycles. The molecule has 2 nitrogen and oxygen atoms in total. The lowest BCUT2D eigenvalue weighted by Gasteiger charge is -2.13. The number of halogens is 1. The van der Waals surface area contributed by atoms with E-state index in [1.807, 2.05) is 14.1 Å². The number of anilines is 1. The van der Waals surface area contributed by atoms with Crippen LogP contribution in [0.4, 0.5) is 5.69 Å². The van der Waals surface area contributed by atoms with Crippen LogP contribution in [-0.4, -0.2) is 24.7 Å². The smallest absolute Gasteiger partial charge is 0.143 e. The van der Waals surface area contributed by atoms with Crippen LogP contribution >= 0.6 is 15.9 Å². The molecule has 0 N–H and O–H groups in total. The van der Waals surface area contributed by atoms with Crippen molar-refractivity contribution in [1.29, 1.82) is 0 Å². The number of ketones is 1. The van der Waals surface area contributed by atoms with Crippen LogP contribution in [0, 0.1) is 0 Å². The van der Waals surface area contributed by atoms with Gasteiger partial charge in [-0.1, -0.05) is 28.1 Å². The van der Waals surface area contributed by atoms with Gasteiger partial charge in [-0.25, -0.2) is 0 Å². The van der Waals surface area contributed by atoms with Crippen molar-refractivity contribution in [1.82, 2.24) is 0 Å². The molecule has 0 aliphatic carbocycles. The Morgan fingerprint density at radius 1 is 1.33 bits per heavy atom. The third-order valence-electron chi connectivity index (χ3n) is 2.31. The van der Waals surface area contributed by atoms with Crippen molar-refractivity contribution in [2.45, 2.75) is 18.2 Å². The van der Waals surface area contributed by atoms with Crippen LogP contribution < -0.4 is 4.90 Å². The van der Waals surface area contributed by atoms with Crippen molar-refractivity contribution in [3.63, 3.8) is 0 Å². The Kier molecular flexibility index (Phi) is 4.33. The largest absolute Gasteiger partial charge is 0.378 e. The summed E-state index contributed by atoms with van der Waals surface area (Å²) in [4.78, 5) is 13.1. The van der Waals surface area contributed by atoms with Gasteiger partial charge in [0, 0.05) is 19.8 Å². The van der Waals surface area contributed by atoms with Crippen LogP contribution in [0.2, 0.25) is 0 Å². The van der Waals surface area contributed by atoms with Gasteiger partial charge in [0.1, 0.15) is 5.78 Å². The zero-order valence-corrected chi connectivity index (χ0v) is 10.9. The topological polar surface area (TPSA) is 20.3 Å². The highest BCUT2D eigenvalue weighted by Gasteiger charge is 2.10. The second-order valence-electron chi connectivity index (χ2n) is 3.84. The number of alkyl halides is 1. The van der Waals surface area contributed by atoms with E-state index in [2.05, 4.69) is 45.1 Å². The number of benzene rings is 1. The number of hydrogen-bond acceptors (Lipinski definition) is 2. The summed E-state index contributed by atoms with van der Waals surface area (Å²) >= 11 is 3.37. The van der Waals surface area contributed by atoms with E-state index in [0.29, 0.717) is 0 Å². The van der Waals surface area contributed by atoms with Gasteiger partial charge in [-0.2, -0.15) is 0 Å². The van der Waals surface area contributed by atoms with Crippen LogP contribution in [0.5, 0.6) is 0 Å². The third kappa shape index (κ3) is 3.67. The van der Waals surface area contributed by atoms with Crippen LogP contribution in [0.3, 0.4) is 0 Å². The number of hydrogen-bond donors (Lipinski definition) is 0. The molecule has 0 saturated carbocycles. The lowest BCUT2D eigenvalue weighted by Crippen LogP contribution is -2.13. The second-order valence-corrected chi connectivity index (χ2v) is 4.95. The van der Waals surface area contributed by atoms with Gasteiger partial charge >= 0.3 is 0 Å². The van der Waals surface area contributed by atoms with Gasteiger partial charge < -0.3 is 4.90 Å². The molecule has 1 atom stereocenters. The third-order valence-corrected chi connectivity index (χ3v) is 3.28. The Morgan fingerprint density at radius 3 is 2.27 bits per heavy atom. The second kappa shape index (κ2) is 5.31. The Morgan fingerprint density at radius 2 is 1.87 bits per heavy atom. The van der Waals surface area contributed by atoms with Gasteiger partial charge in [-0.05, 0) is 31.0 Å². The van der Waals surface area contributed by atoms with Crippen molar-refractivity contribution in [3.8, 4) is 0 Å². The minimum absolute atomic E-state index is 0.0669. The van der Waals surface area contributed by atoms with Crippen molar-refractivity contribution < 1.29 is 4.79 Å². The molecule has 1 aromatic carbocycles. The first-order valence-electron chi connectivity index (χ1n) is 4.91. The SMILES string of the molecule is CC(=O)C(Br)Cc1ccc(N(C)C)cc1. The average molecular weight is 270 g/mol. The minimum atomic E-state index is -0.0669. The summed E-state index contributed by atoms with van der Waals surface area (Å²) in [5, 5.41) is 0. The van der Waals surface area contributed by atoms with Crippen LogP contribution in [0.15, 0.2) is 24.3 Å². The molecule has 0 spiro atoms. The molecule has 0 radical (unpaired) electrons. The van der Waals surface area contributed by atoms with Gasteiger partial charge in [-0.3, -0.25) is 4.79 Å². The van der Waals surface area contributed by atoms with E-state index in [4.69, 9.17) is 0 Å². The molecule has 3 heteroatoms. The van der Waals surface area contributed by atoms with E-state index in [-0.39, 0.29) is 10.6 Å². The standard InChI is InChI=1S/C12H16BrNO/c1-9(15)12(13)8-10-4-6-11(7-5-10)14(2)3/h4-7,12H,8H2,1-3H3. The number of nitrogens with zero attached hydrogens (tertiary/aromatic N) is 1. The highest BCUT2D eigenvalue weighted by Crippen LogP contribution is 2.15. The monoisotopic (exact) mass is 269 g/mol.